The number of methoxy groups -OCH3 is 1. The molecule has 4 aromatic carbocycles. The van der Waals surface area contributed by atoms with Crippen molar-refractivity contribution >= 4 is 46.5 Å². The van der Waals surface area contributed by atoms with Gasteiger partial charge in [-0.1, -0.05) is 29.5 Å². The number of carbonyl (C=O) groups excluding carboxylic acids is 3. The molecule has 0 saturated heterocycles. The molecule has 1 aliphatic heterocycles. The average molecular weight is 554 g/mol. The number of hydrogen-bond donors (Lipinski definition) is 2. The van der Waals surface area contributed by atoms with E-state index in [-0.39, 0.29) is 16.5 Å². The van der Waals surface area contributed by atoms with E-state index in [9.17, 15) is 18.8 Å². The molecule has 2 N–H and O–H groups in total. The fraction of sp³-hybridized carbons (Fsp3) is 0.0645. The minimum absolute atomic E-state index is 0.170. The number of nitrogens with one attached hydrogen (secondary N) is 2. The number of imide groups is 1. The highest BCUT2D eigenvalue weighted by atomic mass is 32.2. The maximum atomic E-state index is 13.6. The zero-order valence-corrected chi connectivity index (χ0v) is 22.4. The third kappa shape index (κ3) is 5.74. The molecule has 0 atom stereocenters. The predicted molar refractivity (Wildman–Crippen MR) is 154 cm³/mol. The third-order valence-corrected chi connectivity index (χ3v) is 7.22. The van der Waals surface area contributed by atoms with E-state index in [4.69, 9.17) is 4.74 Å². The first kappa shape index (κ1) is 26.7. The van der Waals surface area contributed by atoms with E-state index in [1.807, 2.05) is 31.2 Å². The van der Waals surface area contributed by atoms with Gasteiger partial charge >= 0.3 is 0 Å². The molecule has 40 heavy (non-hydrogen) atoms. The minimum Gasteiger partial charge on any atom is -0.497 e. The Bertz CT molecular complexity index is 1600. The van der Waals surface area contributed by atoms with Crippen molar-refractivity contribution in [3.63, 3.8) is 0 Å². The van der Waals surface area contributed by atoms with E-state index in [1.54, 1.807) is 55.6 Å². The van der Waals surface area contributed by atoms with Crippen molar-refractivity contribution in [3.05, 3.63) is 125 Å². The molecule has 7 nitrogen and oxygen atoms in total. The molecule has 0 radical (unpaired) electrons. The number of carbonyl (C=O) groups is 3. The summed E-state index contributed by atoms with van der Waals surface area (Å²) in [4.78, 5) is 41.7. The standard InChI is InChI=1S/C31H24FN3O4S/c1-19-3-9-22(10-4-19)33-27-28(31(38)35(30(27)37)24-13-15-25(39-2)16-14-24)40-26-17-11-23(12-18-26)34-29(36)20-5-7-21(32)8-6-20/h3-18,33H,1-2H3,(H,34,36). The van der Waals surface area contributed by atoms with Crippen LogP contribution in [0.2, 0.25) is 0 Å². The Kier molecular flexibility index (Phi) is 7.65. The summed E-state index contributed by atoms with van der Waals surface area (Å²) in [5.41, 5.74) is 3.19. The molecule has 0 fully saturated rings. The van der Waals surface area contributed by atoms with Gasteiger partial charge in [-0.05, 0) is 91.9 Å². The van der Waals surface area contributed by atoms with E-state index in [0.717, 1.165) is 22.2 Å². The van der Waals surface area contributed by atoms with Crippen LogP contribution >= 0.6 is 11.8 Å². The lowest BCUT2D eigenvalue weighted by molar-refractivity contribution is -0.120. The van der Waals surface area contributed by atoms with Crippen LogP contribution in [0.4, 0.5) is 21.5 Å². The number of nitrogens with zero attached hydrogens (tertiary/aromatic N) is 1. The van der Waals surface area contributed by atoms with E-state index in [1.165, 1.54) is 24.3 Å². The number of benzene rings is 4. The summed E-state index contributed by atoms with van der Waals surface area (Å²) in [6.45, 7) is 1.96. The van der Waals surface area contributed by atoms with Crippen molar-refractivity contribution in [3.8, 4) is 5.75 Å². The fourth-order valence-corrected chi connectivity index (χ4v) is 4.92. The highest BCUT2D eigenvalue weighted by Gasteiger charge is 2.40. The van der Waals surface area contributed by atoms with Crippen LogP contribution in [0, 0.1) is 12.7 Å². The van der Waals surface area contributed by atoms with Gasteiger partial charge < -0.3 is 15.4 Å². The van der Waals surface area contributed by atoms with Gasteiger partial charge in [-0.2, -0.15) is 0 Å². The lowest BCUT2D eigenvalue weighted by atomic mass is 10.2. The molecule has 200 valence electrons. The Morgan fingerprint density at radius 1 is 0.800 bits per heavy atom. The Balaban J connectivity index is 1.40. The van der Waals surface area contributed by atoms with Crippen LogP contribution in [0.15, 0.2) is 113 Å². The highest BCUT2D eigenvalue weighted by Crippen LogP contribution is 2.38. The number of halogens is 1. The number of anilines is 3. The van der Waals surface area contributed by atoms with Crippen molar-refractivity contribution < 1.29 is 23.5 Å². The third-order valence-electron chi connectivity index (χ3n) is 6.13. The average Bonchev–Trinajstić information content (AvgIpc) is 3.19. The molecule has 0 aromatic heterocycles. The van der Waals surface area contributed by atoms with Gasteiger partial charge in [0.05, 0.1) is 12.8 Å². The Morgan fingerprint density at radius 2 is 1.43 bits per heavy atom. The maximum absolute atomic E-state index is 13.6. The quantitative estimate of drug-likeness (QED) is 0.246. The number of ether oxygens (including phenoxy) is 1. The smallest absolute Gasteiger partial charge is 0.283 e. The second-order valence-electron chi connectivity index (χ2n) is 8.93. The second kappa shape index (κ2) is 11.5. The predicted octanol–water partition coefficient (Wildman–Crippen LogP) is 6.38. The summed E-state index contributed by atoms with van der Waals surface area (Å²) in [6.07, 6.45) is 0. The minimum atomic E-state index is -0.471. The largest absolute Gasteiger partial charge is 0.497 e. The zero-order valence-electron chi connectivity index (χ0n) is 21.6. The van der Waals surface area contributed by atoms with Gasteiger partial charge in [0.2, 0.25) is 0 Å². The monoisotopic (exact) mass is 553 g/mol. The first-order valence-electron chi connectivity index (χ1n) is 12.3. The zero-order chi connectivity index (χ0) is 28.2. The Hall–Kier alpha value is -4.89. The van der Waals surface area contributed by atoms with Crippen LogP contribution in [0.25, 0.3) is 0 Å². The molecule has 0 bridgehead atoms. The fourth-order valence-electron chi connectivity index (χ4n) is 3.99. The van der Waals surface area contributed by atoms with Gasteiger partial charge in [0.15, 0.2) is 0 Å². The first-order valence-corrected chi connectivity index (χ1v) is 13.1. The summed E-state index contributed by atoms with van der Waals surface area (Å²) in [6, 6.07) is 26.3. The summed E-state index contributed by atoms with van der Waals surface area (Å²) >= 11 is 1.15. The molecule has 4 aromatic rings. The maximum Gasteiger partial charge on any atom is 0.283 e. The lowest BCUT2D eigenvalue weighted by Gasteiger charge is -2.15. The van der Waals surface area contributed by atoms with Gasteiger partial charge in [0.1, 0.15) is 22.2 Å². The molecule has 5 rings (SSSR count). The van der Waals surface area contributed by atoms with Crippen molar-refractivity contribution in [2.45, 2.75) is 11.8 Å². The SMILES string of the molecule is COc1ccc(N2C(=O)C(Nc3ccc(C)cc3)=C(Sc3ccc(NC(=O)c4ccc(F)cc4)cc3)C2=O)cc1. The van der Waals surface area contributed by atoms with Crippen molar-refractivity contribution in [2.75, 3.05) is 22.6 Å². The van der Waals surface area contributed by atoms with Gasteiger partial charge in [0, 0.05) is 21.8 Å². The number of aryl methyl sites for hydroxylation is 1. The van der Waals surface area contributed by atoms with Crippen LogP contribution < -0.4 is 20.3 Å². The molecule has 1 heterocycles. The van der Waals surface area contributed by atoms with Gasteiger partial charge in [0.25, 0.3) is 17.7 Å². The summed E-state index contributed by atoms with van der Waals surface area (Å²) in [7, 11) is 1.54. The summed E-state index contributed by atoms with van der Waals surface area (Å²) in [5, 5.41) is 5.90. The first-order chi connectivity index (χ1) is 19.3. The topological polar surface area (TPSA) is 87.7 Å². The summed E-state index contributed by atoms with van der Waals surface area (Å²) in [5.74, 6) is -1.12. The van der Waals surface area contributed by atoms with Crippen molar-refractivity contribution in [1.82, 2.24) is 0 Å². The second-order valence-corrected chi connectivity index (χ2v) is 10.0. The molecule has 9 heteroatoms. The molecule has 3 amide bonds. The number of rotatable bonds is 8. The van der Waals surface area contributed by atoms with Gasteiger partial charge in [-0.3, -0.25) is 14.4 Å². The molecular weight excluding hydrogens is 529 g/mol. The number of thioether (sulfide) groups is 1. The highest BCUT2D eigenvalue weighted by molar-refractivity contribution is 8.04. The molecule has 0 aliphatic carbocycles. The molecule has 0 unspecified atom stereocenters. The Morgan fingerprint density at radius 3 is 2.05 bits per heavy atom. The molecule has 0 spiro atoms. The Labute approximate surface area is 234 Å². The van der Waals surface area contributed by atoms with Crippen LogP contribution in [-0.2, 0) is 9.59 Å². The number of amides is 3. The van der Waals surface area contributed by atoms with Crippen LogP contribution in [0.3, 0.4) is 0 Å². The van der Waals surface area contributed by atoms with Crippen molar-refractivity contribution in [1.29, 1.82) is 0 Å². The lowest BCUT2D eigenvalue weighted by Crippen LogP contribution is -2.32. The normalized spacial score (nSPS) is 13.0. The van der Waals surface area contributed by atoms with E-state index >= 15 is 0 Å². The van der Waals surface area contributed by atoms with Crippen molar-refractivity contribution in [2.24, 2.45) is 0 Å². The molecule has 1 aliphatic rings. The van der Waals surface area contributed by atoms with Crippen LogP contribution in [-0.4, -0.2) is 24.8 Å². The van der Waals surface area contributed by atoms with Gasteiger partial charge in [-0.15, -0.1) is 0 Å². The molecule has 0 saturated carbocycles. The van der Waals surface area contributed by atoms with E-state index < -0.39 is 17.6 Å². The van der Waals surface area contributed by atoms with Crippen LogP contribution in [0.5, 0.6) is 5.75 Å². The van der Waals surface area contributed by atoms with Gasteiger partial charge in [-0.25, -0.2) is 9.29 Å². The number of hydrogen-bond acceptors (Lipinski definition) is 6. The summed E-state index contributed by atoms with van der Waals surface area (Å²) < 4.78 is 18.4. The van der Waals surface area contributed by atoms with E-state index in [2.05, 4.69) is 10.6 Å². The molecular formula is C31H24FN3O4S. The van der Waals surface area contributed by atoms with E-state index in [0.29, 0.717) is 33.3 Å². The van der Waals surface area contributed by atoms with Crippen LogP contribution in [0.1, 0.15) is 15.9 Å².